The van der Waals surface area contributed by atoms with Crippen molar-refractivity contribution >= 4 is 41.0 Å². The minimum atomic E-state index is -0.660. The Hall–Kier alpha value is -4.18. The van der Waals surface area contributed by atoms with Gasteiger partial charge in [0.1, 0.15) is 0 Å². The smallest absolute Gasteiger partial charge is 0.280 e. The summed E-state index contributed by atoms with van der Waals surface area (Å²) in [7, 11) is 1.65. The van der Waals surface area contributed by atoms with Crippen LogP contribution in [0, 0.1) is 0 Å². The van der Waals surface area contributed by atoms with Crippen molar-refractivity contribution in [1.29, 1.82) is 0 Å². The van der Waals surface area contributed by atoms with Crippen molar-refractivity contribution in [3.63, 3.8) is 0 Å². The second-order valence-electron chi connectivity index (χ2n) is 8.38. The lowest BCUT2D eigenvalue weighted by Gasteiger charge is -2.07. The molecule has 3 rings (SSSR count). The summed E-state index contributed by atoms with van der Waals surface area (Å²) in [6.45, 7) is 0.458. The van der Waals surface area contributed by atoms with Gasteiger partial charge in [-0.1, -0.05) is 60.1 Å². The Morgan fingerprint density at radius 3 is 2.08 bits per heavy atom. The Labute approximate surface area is 220 Å². The molecule has 0 saturated carbocycles. The lowest BCUT2D eigenvalue weighted by Crippen LogP contribution is -2.38. The summed E-state index contributed by atoms with van der Waals surface area (Å²) in [5, 5.41) is 4.95. The molecule has 0 saturated heterocycles. The molecule has 0 aliphatic carbocycles. The first-order valence-corrected chi connectivity index (χ1v) is 12.2. The fourth-order valence-corrected chi connectivity index (χ4v) is 3.70. The monoisotopic (exact) mass is 522 g/mol. The number of nitrogens with two attached hydrogens (primary N) is 3. The van der Waals surface area contributed by atoms with Gasteiger partial charge < -0.3 is 22.5 Å². The van der Waals surface area contributed by atoms with Crippen LogP contribution in [0.3, 0.4) is 0 Å². The van der Waals surface area contributed by atoms with Gasteiger partial charge in [-0.25, -0.2) is 9.97 Å². The van der Waals surface area contributed by atoms with Crippen LogP contribution < -0.4 is 27.8 Å². The highest BCUT2D eigenvalue weighted by Crippen LogP contribution is 2.21. The molecule has 11 heteroatoms. The van der Waals surface area contributed by atoms with Gasteiger partial charge in [0.15, 0.2) is 28.4 Å². The molecule has 0 bridgehead atoms. The molecule has 0 aliphatic rings. The van der Waals surface area contributed by atoms with Crippen LogP contribution >= 0.6 is 11.6 Å². The summed E-state index contributed by atoms with van der Waals surface area (Å²) in [5.74, 6) is -0.859. The van der Waals surface area contributed by atoms with Crippen LogP contribution in [-0.4, -0.2) is 41.3 Å². The van der Waals surface area contributed by atoms with Gasteiger partial charge in [0, 0.05) is 20.0 Å². The van der Waals surface area contributed by atoms with E-state index in [4.69, 9.17) is 28.8 Å². The highest BCUT2D eigenvalue weighted by atomic mass is 35.5. The van der Waals surface area contributed by atoms with E-state index < -0.39 is 5.91 Å². The molecular weight excluding hydrogens is 492 g/mol. The number of aromatic nitrogens is 2. The highest BCUT2D eigenvalue weighted by molar-refractivity contribution is 6.31. The molecule has 194 valence electrons. The summed E-state index contributed by atoms with van der Waals surface area (Å²) in [5.41, 5.74) is 21.4. The SMILES string of the molecule is CNC(=O)CCc1ccc(-c2ccc(CCCCN=C(N)NC(=O)c3nc(Cl)c(N)nc3N)cc2)cc1. The van der Waals surface area contributed by atoms with Crippen LogP contribution in [0.2, 0.25) is 5.15 Å². The van der Waals surface area contributed by atoms with Crippen LogP contribution in [0.15, 0.2) is 53.5 Å². The molecule has 10 nitrogen and oxygen atoms in total. The van der Waals surface area contributed by atoms with Crippen molar-refractivity contribution in [3.8, 4) is 11.1 Å². The number of amides is 2. The quantitative estimate of drug-likeness (QED) is 0.154. The zero-order chi connectivity index (χ0) is 26.8. The van der Waals surface area contributed by atoms with E-state index in [1.165, 1.54) is 5.56 Å². The minimum absolute atomic E-state index is 0.0388. The van der Waals surface area contributed by atoms with Crippen LogP contribution in [-0.2, 0) is 17.6 Å². The molecule has 0 radical (unpaired) electrons. The number of carbonyl (C=O) groups is 2. The first-order chi connectivity index (χ1) is 17.8. The average molecular weight is 523 g/mol. The molecular formula is C26H31ClN8O2. The summed E-state index contributed by atoms with van der Waals surface area (Å²) < 4.78 is 0. The minimum Gasteiger partial charge on any atom is -0.382 e. The van der Waals surface area contributed by atoms with E-state index in [0.29, 0.717) is 13.0 Å². The van der Waals surface area contributed by atoms with E-state index in [9.17, 15) is 9.59 Å². The molecule has 1 aromatic heterocycles. The molecule has 37 heavy (non-hydrogen) atoms. The second-order valence-corrected chi connectivity index (χ2v) is 8.74. The van der Waals surface area contributed by atoms with Gasteiger partial charge in [0.2, 0.25) is 5.91 Å². The summed E-state index contributed by atoms with van der Waals surface area (Å²) >= 11 is 5.80. The van der Waals surface area contributed by atoms with Gasteiger partial charge in [-0.2, -0.15) is 0 Å². The van der Waals surface area contributed by atoms with Crippen molar-refractivity contribution in [3.05, 3.63) is 70.5 Å². The van der Waals surface area contributed by atoms with E-state index in [0.717, 1.165) is 42.4 Å². The number of hydrogen-bond donors (Lipinski definition) is 5. The Morgan fingerprint density at radius 2 is 1.49 bits per heavy atom. The number of nitrogens with zero attached hydrogens (tertiary/aromatic N) is 3. The fraction of sp³-hybridized carbons (Fsp3) is 0.269. The molecule has 0 atom stereocenters. The number of rotatable bonds is 10. The molecule has 0 fully saturated rings. The predicted molar refractivity (Wildman–Crippen MR) is 147 cm³/mol. The van der Waals surface area contributed by atoms with Gasteiger partial charge in [0.25, 0.3) is 5.91 Å². The third kappa shape index (κ3) is 8.18. The molecule has 3 aromatic rings. The summed E-state index contributed by atoms with van der Waals surface area (Å²) in [6, 6.07) is 16.8. The molecule has 0 spiro atoms. The highest BCUT2D eigenvalue weighted by Gasteiger charge is 2.16. The maximum Gasteiger partial charge on any atom is 0.280 e. The Bertz CT molecular complexity index is 1260. The first kappa shape index (κ1) is 27.4. The number of carbonyl (C=O) groups excluding carboxylic acids is 2. The first-order valence-electron chi connectivity index (χ1n) is 11.9. The van der Waals surface area contributed by atoms with E-state index >= 15 is 0 Å². The maximum atomic E-state index is 12.3. The number of guanidine groups is 1. The van der Waals surface area contributed by atoms with Gasteiger partial charge in [0.05, 0.1) is 0 Å². The number of nitrogens with one attached hydrogen (secondary N) is 2. The van der Waals surface area contributed by atoms with Crippen LogP contribution in [0.5, 0.6) is 0 Å². The molecule has 0 unspecified atom stereocenters. The number of nitrogen functional groups attached to an aromatic ring is 2. The third-order valence-electron chi connectivity index (χ3n) is 5.68. The van der Waals surface area contributed by atoms with Gasteiger partial charge in [-0.15, -0.1) is 0 Å². The zero-order valence-corrected chi connectivity index (χ0v) is 21.4. The van der Waals surface area contributed by atoms with Crippen LogP contribution in [0.1, 0.15) is 40.9 Å². The summed E-state index contributed by atoms with van der Waals surface area (Å²) in [4.78, 5) is 35.4. The normalized spacial score (nSPS) is 11.2. The predicted octanol–water partition coefficient (Wildman–Crippen LogP) is 2.71. The Kier molecular flexibility index (Phi) is 9.79. The third-order valence-corrected chi connectivity index (χ3v) is 5.96. The fourth-order valence-electron chi connectivity index (χ4n) is 3.57. The number of hydrogen-bond acceptors (Lipinski definition) is 7. The molecule has 2 amide bonds. The molecule has 8 N–H and O–H groups in total. The van der Waals surface area contributed by atoms with Gasteiger partial charge in [-0.3, -0.25) is 19.9 Å². The lowest BCUT2D eigenvalue weighted by atomic mass is 9.99. The number of anilines is 2. The van der Waals surface area contributed by atoms with E-state index in [1.807, 2.05) is 0 Å². The van der Waals surface area contributed by atoms with E-state index in [-0.39, 0.29) is 34.3 Å². The average Bonchev–Trinajstić information content (AvgIpc) is 2.89. The number of benzene rings is 2. The number of unbranched alkanes of at least 4 members (excludes halogenated alkanes) is 1. The van der Waals surface area contributed by atoms with Crippen molar-refractivity contribution in [1.82, 2.24) is 20.6 Å². The van der Waals surface area contributed by atoms with Crippen molar-refractivity contribution in [2.45, 2.75) is 32.1 Å². The lowest BCUT2D eigenvalue weighted by molar-refractivity contribution is -0.120. The standard InChI is InChI=1S/C26H31ClN8O2/c1-31-20(36)14-9-17-7-12-19(13-8-17)18-10-5-16(6-11-18)4-2-3-15-32-26(30)35-25(37)21-23(28)34-24(29)22(27)33-21/h5-8,10-13H,2-4,9,14-15H2,1H3,(H,31,36)(H4,28,29,34)(H3,30,32,35,37). The van der Waals surface area contributed by atoms with Crippen molar-refractivity contribution in [2.24, 2.45) is 10.7 Å². The van der Waals surface area contributed by atoms with Crippen molar-refractivity contribution in [2.75, 3.05) is 25.1 Å². The number of aliphatic imine (C=N–C) groups is 1. The largest absolute Gasteiger partial charge is 0.382 e. The van der Waals surface area contributed by atoms with E-state index in [1.54, 1.807) is 7.05 Å². The summed E-state index contributed by atoms with van der Waals surface area (Å²) in [6.07, 6.45) is 3.82. The van der Waals surface area contributed by atoms with Crippen molar-refractivity contribution < 1.29 is 9.59 Å². The topological polar surface area (TPSA) is 174 Å². The zero-order valence-electron chi connectivity index (χ0n) is 20.6. The Balaban J connectivity index is 1.42. The van der Waals surface area contributed by atoms with Crippen LogP contribution in [0.4, 0.5) is 11.6 Å². The van der Waals surface area contributed by atoms with Crippen LogP contribution in [0.25, 0.3) is 11.1 Å². The molecule has 2 aromatic carbocycles. The van der Waals surface area contributed by atoms with E-state index in [2.05, 4.69) is 74.1 Å². The van der Waals surface area contributed by atoms with Gasteiger partial charge >= 0.3 is 0 Å². The number of aryl methyl sites for hydroxylation is 2. The second kappa shape index (κ2) is 13.2. The molecule has 0 aliphatic heterocycles. The van der Waals surface area contributed by atoms with Gasteiger partial charge in [-0.05, 0) is 47.9 Å². The number of halogens is 1. The Morgan fingerprint density at radius 1 is 0.892 bits per heavy atom. The maximum absolute atomic E-state index is 12.3. The molecule has 1 heterocycles.